The number of rotatable bonds is 5. The maximum absolute atomic E-state index is 12.7. The summed E-state index contributed by atoms with van der Waals surface area (Å²) >= 11 is 6.13. The highest BCUT2D eigenvalue weighted by atomic mass is 35.5. The van der Waals surface area contributed by atoms with Crippen LogP contribution in [-0.4, -0.2) is 73.1 Å². The van der Waals surface area contributed by atoms with E-state index >= 15 is 0 Å². The number of anilines is 2. The minimum absolute atomic E-state index is 0.103. The lowest BCUT2D eigenvalue weighted by atomic mass is 10.2. The van der Waals surface area contributed by atoms with Crippen LogP contribution in [0.15, 0.2) is 24.5 Å². The molecule has 1 saturated heterocycles. The van der Waals surface area contributed by atoms with E-state index in [-0.39, 0.29) is 5.91 Å². The van der Waals surface area contributed by atoms with Gasteiger partial charge >= 0.3 is 0 Å². The van der Waals surface area contributed by atoms with E-state index in [0.29, 0.717) is 46.8 Å². The zero-order chi connectivity index (χ0) is 19.4. The van der Waals surface area contributed by atoms with E-state index in [2.05, 4.69) is 20.2 Å². The molecule has 144 valence electrons. The van der Waals surface area contributed by atoms with E-state index in [1.807, 2.05) is 7.05 Å². The number of likely N-dealkylation sites (N-methyl/N-ethyl adjacent to an activating group) is 1. The van der Waals surface area contributed by atoms with Gasteiger partial charge in [0, 0.05) is 44.4 Å². The number of benzene rings is 1. The highest BCUT2D eigenvalue weighted by Crippen LogP contribution is 2.37. The average Bonchev–Trinajstić information content (AvgIpc) is 2.69. The first kappa shape index (κ1) is 19.2. The van der Waals surface area contributed by atoms with Gasteiger partial charge in [-0.2, -0.15) is 0 Å². The molecule has 2 aromatic rings. The summed E-state index contributed by atoms with van der Waals surface area (Å²) < 4.78 is 10.6. The number of piperazine rings is 1. The fourth-order valence-corrected chi connectivity index (χ4v) is 3.04. The van der Waals surface area contributed by atoms with E-state index in [1.54, 1.807) is 30.2 Å². The minimum atomic E-state index is -0.103. The molecule has 1 aliphatic rings. The summed E-state index contributed by atoms with van der Waals surface area (Å²) in [5.74, 6) is 1.41. The van der Waals surface area contributed by atoms with Crippen molar-refractivity contribution in [3.05, 3.63) is 35.2 Å². The third-order valence-corrected chi connectivity index (χ3v) is 4.71. The van der Waals surface area contributed by atoms with Gasteiger partial charge in [0.1, 0.15) is 29.3 Å². The number of aromatic nitrogens is 2. The van der Waals surface area contributed by atoms with Gasteiger partial charge in [0.25, 0.3) is 5.91 Å². The summed E-state index contributed by atoms with van der Waals surface area (Å²) in [6, 6.07) is 4.99. The molecule has 0 spiro atoms. The highest BCUT2D eigenvalue weighted by Gasteiger charge is 2.22. The predicted octanol–water partition coefficient (Wildman–Crippen LogP) is 2.28. The molecular formula is C18H22ClN5O3. The fraction of sp³-hybridized carbons (Fsp3) is 0.389. The van der Waals surface area contributed by atoms with E-state index < -0.39 is 0 Å². The van der Waals surface area contributed by atoms with Gasteiger partial charge in [0.05, 0.1) is 24.9 Å². The number of nitrogens with zero attached hydrogens (tertiary/aromatic N) is 4. The summed E-state index contributed by atoms with van der Waals surface area (Å²) in [7, 11) is 5.13. The SMILES string of the molecule is COc1cc(Nc2cc(C(=O)N3CCN(C)CC3)ncn2)c(OC)cc1Cl. The zero-order valence-electron chi connectivity index (χ0n) is 15.5. The quantitative estimate of drug-likeness (QED) is 0.837. The Bertz CT molecular complexity index is 825. The topological polar surface area (TPSA) is 79.8 Å². The number of hydrogen-bond acceptors (Lipinski definition) is 7. The van der Waals surface area contributed by atoms with E-state index in [1.165, 1.54) is 13.4 Å². The Morgan fingerprint density at radius 1 is 1.07 bits per heavy atom. The van der Waals surface area contributed by atoms with Gasteiger partial charge in [-0.15, -0.1) is 0 Å². The molecule has 0 aliphatic carbocycles. The smallest absolute Gasteiger partial charge is 0.272 e. The predicted molar refractivity (Wildman–Crippen MR) is 103 cm³/mol. The number of amides is 1. The van der Waals surface area contributed by atoms with E-state index in [9.17, 15) is 4.79 Å². The van der Waals surface area contributed by atoms with Crippen LogP contribution in [0.25, 0.3) is 0 Å². The van der Waals surface area contributed by atoms with Gasteiger partial charge in [0.15, 0.2) is 0 Å². The van der Waals surface area contributed by atoms with Crippen LogP contribution in [0, 0.1) is 0 Å². The minimum Gasteiger partial charge on any atom is -0.495 e. The molecule has 8 nitrogen and oxygen atoms in total. The summed E-state index contributed by atoms with van der Waals surface area (Å²) in [6.07, 6.45) is 1.37. The van der Waals surface area contributed by atoms with Gasteiger partial charge < -0.3 is 24.6 Å². The second kappa shape index (κ2) is 8.41. The summed E-state index contributed by atoms with van der Waals surface area (Å²) in [4.78, 5) is 25.0. The third-order valence-electron chi connectivity index (χ3n) is 4.41. The molecule has 0 radical (unpaired) electrons. The van der Waals surface area contributed by atoms with Crippen molar-refractivity contribution in [2.45, 2.75) is 0 Å². The van der Waals surface area contributed by atoms with Crippen LogP contribution in [0.2, 0.25) is 5.02 Å². The largest absolute Gasteiger partial charge is 0.495 e. The highest BCUT2D eigenvalue weighted by molar-refractivity contribution is 6.32. The maximum Gasteiger partial charge on any atom is 0.272 e. The number of carbonyl (C=O) groups is 1. The third kappa shape index (κ3) is 4.40. The molecule has 0 atom stereocenters. The molecule has 9 heteroatoms. The Morgan fingerprint density at radius 2 is 1.78 bits per heavy atom. The number of ether oxygens (including phenoxy) is 2. The molecule has 3 rings (SSSR count). The molecule has 27 heavy (non-hydrogen) atoms. The molecule has 1 aromatic carbocycles. The zero-order valence-corrected chi connectivity index (χ0v) is 16.3. The fourth-order valence-electron chi connectivity index (χ4n) is 2.81. The van der Waals surface area contributed by atoms with Crippen LogP contribution in [0.1, 0.15) is 10.5 Å². The molecule has 1 amide bonds. The van der Waals surface area contributed by atoms with Crippen molar-refractivity contribution >= 4 is 29.0 Å². The standard InChI is InChI=1S/C18H22ClN5O3/c1-23-4-6-24(7-5-23)18(25)14-10-17(21-11-20-14)22-13-9-15(26-2)12(19)8-16(13)27-3/h8-11H,4-7H2,1-3H3,(H,20,21,22). The molecule has 1 aromatic heterocycles. The van der Waals surface area contributed by atoms with Crippen LogP contribution in [0.4, 0.5) is 11.5 Å². The van der Waals surface area contributed by atoms with Gasteiger partial charge in [-0.3, -0.25) is 4.79 Å². The summed E-state index contributed by atoms with van der Waals surface area (Å²) in [5, 5.41) is 3.58. The molecule has 1 N–H and O–H groups in total. The lowest BCUT2D eigenvalue weighted by Gasteiger charge is -2.32. The van der Waals surface area contributed by atoms with Gasteiger partial charge in [-0.25, -0.2) is 9.97 Å². The van der Waals surface area contributed by atoms with Gasteiger partial charge in [0.2, 0.25) is 0 Å². The average molecular weight is 392 g/mol. The van der Waals surface area contributed by atoms with Crippen molar-refractivity contribution < 1.29 is 14.3 Å². The number of carbonyl (C=O) groups excluding carboxylic acids is 1. The Hall–Kier alpha value is -2.58. The van der Waals surface area contributed by atoms with E-state index in [0.717, 1.165) is 13.1 Å². The number of hydrogen-bond donors (Lipinski definition) is 1. The molecular weight excluding hydrogens is 370 g/mol. The molecule has 0 unspecified atom stereocenters. The van der Waals surface area contributed by atoms with Crippen LogP contribution < -0.4 is 14.8 Å². The maximum atomic E-state index is 12.7. The van der Waals surface area contributed by atoms with Crippen LogP contribution >= 0.6 is 11.6 Å². The van der Waals surface area contributed by atoms with Crippen LogP contribution in [0.5, 0.6) is 11.5 Å². The Morgan fingerprint density at radius 3 is 2.44 bits per heavy atom. The number of nitrogens with one attached hydrogen (secondary N) is 1. The summed E-state index contributed by atoms with van der Waals surface area (Å²) in [5.41, 5.74) is 0.965. The van der Waals surface area contributed by atoms with Crippen molar-refractivity contribution in [1.29, 1.82) is 0 Å². The molecule has 0 saturated carbocycles. The van der Waals surface area contributed by atoms with Crippen LogP contribution in [-0.2, 0) is 0 Å². The van der Waals surface area contributed by atoms with Gasteiger partial charge in [-0.05, 0) is 7.05 Å². The first-order chi connectivity index (χ1) is 13.0. The van der Waals surface area contributed by atoms with Crippen molar-refractivity contribution in [3.8, 4) is 11.5 Å². The van der Waals surface area contributed by atoms with Crippen LogP contribution in [0.3, 0.4) is 0 Å². The molecule has 1 fully saturated rings. The molecule has 2 heterocycles. The van der Waals surface area contributed by atoms with Crippen molar-refractivity contribution in [2.24, 2.45) is 0 Å². The molecule has 0 bridgehead atoms. The Kier molecular flexibility index (Phi) is 5.98. The van der Waals surface area contributed by atoms with Gasteiger partial charge in [-0.1, -0.05) is 11.6 Å². The second-order valence-electron chi connectivity index (χ2n) is 6.20. The summed E-state index contributed by atoms with van der Waals surface area (Å²) in [6.45, 7) is 3.07. The monoisotopic (exact) mass is 391 g/mol. The Balaban J connectivity index is 1.81. The Labute approximate surface area is 163 Å². The molecule has 1 aliphatic heterocycles. The second-order valence-corrected chi connectivity index (χ2v) is 6.60. The number of halogens is 1. The lowest BCUT2D eigenvalue weighted by molar-refractivity contribution is 0.0658. The lowest BCUT2D eigenvalue weighted by Crippen LogP contribution is -2.47. The van der Waals surface area contributed by atoms with E-state index in [4.69, 9.17) is 21.1 Å². The van der Waals surface area contributed by atoms with Crippen molar-refractivity contribution in [2.75, 3.05) is 52.8 Å². The van der Waals surface area contributed by atoms with Crippen molar-refractivity contribution in [1.82, 2.24) is 19.8 Å². The number of methoxy groups -OCH3 is 2. The first-order valence-electron chi connectivity index (χ1n) is 8.50. The van der Waals surface area contributed by atoms with Crippen molar-refractivity contribution in [3.63, 3.8) is 0 Å². The first-order valence-corrected chi connectivity index (χ1v) is 8.88. The normalized spacial score (nSPS) is 14.7.